The number of carbonyl (C=O) groups excluding carboxylic acids is 2. The number of carboxylic acids is 1. The van der Waals surface area contributed by atoms with E-state index >= 15 is 0 Å². The number of likely N-dealkylation sites (tertiary alicyclic amines) is 1. The Morgan fingerprint density at radius 3 is 2.33 bits per heavy atom. The van der Waals surface area contributed by atoms with Crippen LogP contribution in [0.15, 0.2) is 96.4 Å². The van der Waals surface area contributed by atoms with Gasteiger partial charge in [-0.25, -0.2) is 9.59 Å². The predicted molar refractivity (Wildman–Crippen MR) is 154 cm³/mol. The average molecular weight is 570 g/mol. The summed E-state index contributed by atoms with van der Waals surface area (Å²) in [4.78, 5) is 43.7. The summed E-state index contributed by atoms with van der Waals surface area (Å²) in [6.45, 7) is 1.49. The summed E-state index contributed by atoms with van der Waals surface area (Å²) >= 11 is 7.58. The van der Waals surface area contributed by atoms with Gasteiger partial charge in [0.25, 0.3) is 0 Å². The van der Waals surface area contributed by atoms with Crippen LogP contribution >= 0.6 is 22.9 Å². The van der Waals surface area contributed by atoms with E-state index in [-0.39, 0.29) is 5.78 Å². The van der Waals surface area contributed by atoms with Crippen molar-refractivity contribution >= 4 is 46.4 Å². The second kappa shape index (κ2) is 11.0. The van der Waals surface area contributed by atoms with E-state index in [1.54, 1.807) is 91.0 Å². The molecule has 1 fully saturated rings. The molecule has 1 aliphatic rings. The maximum atomic E-state index is 14.4. The van der Waals surface area contributed by atoms with Crippen molar-refractivity contribution in [2.45, 2.75) is 24.4 Å². The van der Waals surface area contributed by atoms with E-state index in [0.29, 0.717) is 32.3 Å². The fourth-order valence-corrected chi connectivity index (χ4v) is 6.76. The highest BCUT2D eigenvalue weighted by molar-refractivity contribution is 7.10. The van der Waals surface area contributed by atoms with Gasteiger partial charge in [-0.15, -0.1) is 11.3 Å². The molecular formula is C31H24ClN3O4S. The van der Waals surface area contributed by atoms with Crippen molar-refractivity contribution in [2.75, 3.05) is 5.32 Å². The molecule has 1 aliphatic heterocycles. The number of ketones is 1. The molecule has 1 saturated heterocycles. The molecule has 2 N–H and O–H groups in total. The molecule has 3 aromatic carbocycles. The maximum absolute atomic E-state index is 14.4. The first-order valence-corrected chi connectivity index (χ1v) is 13.7. The fourth-order valence-electron chi connectivity index (χ4n) is 5.57. The van der Waals surface area contributed by atoms with E-state index in [2.05, 4.69) is 11.4 Å². The minimum atomic E-state index is -1.82. The predicted octanol–water partition coefficient (Wildman–Crippen LogP) is 6.99. The summed E-state index contributed by atoms with van der Waals surface area (Å²) in [5, 5.41) is 25.2. The second-order valence-electron chi connectivity index (χ2n) is 9.69. The zero-order valence-electron chi connectivity index (χ0n) is 21.3. The van der Waals surface area contributed by atoms with E-state index in [9.17, 15) is 24.8 Å². The van der Waals surface area contributed by atoms with Crippen LogP contribution in [0.25, 0.3) is 0 Å². The van der Waals surface area contributed by atoms with Crippen molar-refractivity contribution in [3.05, 3.63) is 123 Å². The average Bonchev–Trinajstić information content (AvgIpc) is 3.58. The number of hydrogen-bond acceptors (Lipinski definition) is 5. The zero-order chi connectivity index (χ0) is 28.4. The van der Waals surface area contributed by atoms with Crippen molar-refractivity contribution in [3.63, 3.8) is 0 Å². The van der Waals surface area contributed by atoms with Gasteiger partial charge in [-0.05, 0) is 60.3 Å². The quantitative estimate of drug-likeness (QED) is 0.243. The molecular weight excluding hydrogens is 546 g/mol. The summed E-state index contributed by atoms with van der Waals surface area (Å²) in [6.07, 6.45) is 0. The van der Waals surface area contributed by atoms with E-state index < -0.39 is 35.4 Å². The van der Waals surface area contributed by atoms with Gasteiger partial charge in [-0.1, -0.05) is 60.1 Å². The monoisotopic (exact) mass is 569 g/mol. The van der Waals surface area contributed by atoms with Crippen LogP contribution in [-0.2, 0) is 4.79 Å². The van der Waals surface area contributed by atoms with Gasteiger partial charge in [0.15, 0.2) is 5.78 Å². The smallest absolute Gasteiger partial charge is 0.330 e. The van der Waals surface area contributed by atoms with Crippen LogP contribution in [0.3, 0.4) is 0 Å². The van der Waals surface area contributed by atoms with Gasteiger partial charge < -0.3 is 10.4 Å². The lowest BCUT2D eigenvalue weighted by Gasteiger charge is -2.37. The minimum absolute atomic E-state index is 0.316. The molecule has 5 rings (SSSR count). The van der Waals surface area contributed by atoms with E-state index in [1.807, 2.05) is 5.38 Å². The Kier molecular flexibility index (Phi) is 7.44. The van der Waals surface area contributed by atoms with Crippen molar-refractivity contribution in [1.82, 2.24) is 4.90 Å². The SMILES string of the molecule is CC1(C(=O)O)C(c2cccs2)C(C(=O)c2cccc(Cl)c2)C(c2ccc(C#N)cc2)N1C(=O)Nc1ccccc1. The van der Waals surface area contributed by atoms with Gasteiger partial charge in [0, 0.05) is 27.1 Å². The van der Waals surface area contributed by atoms with Crippen LogP contribution in [-0.4, -0.2) is 33.3 Å². The summed E-state index contributed by atoms with van der Waals surface area (Å²) in [5.74, 6) is -3.45. The summed E-state index contributed by atoms with van der Waals surface area (Å²) < 4.78 is 0. The molecule has 4 atom stereocenters. The number of nitrogens with one attached hydrogen (secondary N) is 1. The highest BCUT2D eigenvalue weighted by Gasteiger charge is 2.65. The summed E-state index contributed by atoms with van der Waals surface area (Å²) in [5.41, 5.74) is -0.0854. The Morgan fingerprint density at radius 1 is 1.00 bits per heavy atom. The normalized spacial score (nSPS) is 21.9. The Morgan fingerprint density at radius 2 is 1.73 bits per heavy atom. The highest BCUT2D eigenvalue weighted by Crippen LogP contribution is 2.57. The number of anilines is 1. The number of aliphatic carboxylic acids is 1. The first kappa shape index (κ1) is 27.1. The lowest BCUT2D eigenvalue weighted by Crippen LogP contribution is -2.55. The number of urea groups is 1. The first-order chi connectivity index (χ1) is 19.3. The van der Waals surface area contributed by atoms with Crippen molar-refractivity contribution in [2.24, 2.45) is 5.92 Å². The fraction of sp³-hybridized carbons (Fsp3) is 0.161. The third-order valence-electron chi connectivity index (χ3n) is 7.40. The van der Waals surface area contributed by atoms with Crippen LogP contribution in [0, 0.1) is 17.2 Å². The van der Waals surface area contributed by atoms with E-state index in [4.69, 9.17) is 11.6 Å². The molecule has 0 saturated carbocycles. The number of benzene rings is 3. The van der Waals surface area contributed by atoms with Crippen molar-refractivity contribution in [3.8, 4) is 6.07 Å². The topological polar surface area (TPSA) is 110 Å². The molecule has 9 heteroatoms. The number of hydrogen-bond donors (Lipinski definition) is 2. The molecule has 0 aliphatic carbocycles. The second-order valence-corrected chi connectivity index (χ2v) is 11.1. The Labute approximate surface area is 240 Å². The number of Topliss-reactive ketones (excluding diaryl/α,β-unsaturated/α-hetero) is 1. The number of thiophene rings is 1. The molecule has 4 unspecified atom stereocenters. The van der Waals surface area contributed by atoms with Crippen LogP contribution < -0.4 is 5.32 Å². The minimum Gasteiger partial charge on any atom is -0.479 e. The Balaban J connectivity index is 1.76. The Bertz CT molecular complexity index is 1600. The van der Waals surface area contributed by atoms with Crippen LogP contribution in [0.4, 0.5) is 10.5 Å². The number of rotatable bonds is 6. The number of halogens is 1. The standard InChI is InChI=1S/C31H24ClN3O4S/c1-31(29(37)38)26(24-11-6-16-40-24)25(28(36)21-7-5-8-22(32)17-21)27(20-14-12-19(18-33)13-15-20)35(31)30(39)34-23-9-3-2-4-10-23/h2-17,25-27H,1H3,(H,34,39)(H,37,38). The summed E-state index contributed by atoms with van der Waals surface area (Å²) in [6, 6.07) is 25.8. The van der Waals surface area contributed by atoms with Crippen molar-refractivity contribution in [1.29, 1.82) is 5.26 Å². The van der Waals surface area contributed by atoms with Gasteiger partial charge in [0.2, 0.25) is 0 Å². The maximum Gasteiger partial charge on any atom is 0.330 e. The van der Waals surface area contributed by atoms with Crippen molar-refractivity contribution < 1.29 is 19.5 Å². The molecule has 4 aromatic rings. The van der Waals surface area contributed by atoms with Gasteiger partial charge in [-0.3, -0.25) is 9.69 Å². The third-order valence-corrected chi connectivity index (χ3v) is 8.59. The number of amides is 2. The molecule has 200 valence electrons. The molecule has 7 nitrogen and oxygen atoms in total. The molecule has 0 bridgehead atoms. The zero-order valence-corrected chi connectivity index (χ0v) is 22.9. The third kappa shape index (κ3) is 4.75. The number of para-hydroxylation sites is 1. The number of carbonyl (C=O) groups is 3. The van der Waals surface area contributed by atoms with Crippen LogP contribution in [0.2, 0.25) is 5.02 Å². The molecule has 0 radical (unpaired) electrons. The Hall–Kier alpha value is -4.45. The van der Waals surface area contributed by atoms with Crippen LogP contribution in [0.5, 0.6) is 0 Å². The van der Waals surface area contributed by atoms with E-state index in [0.717, 1.165) is 0 Å². The van der Waals surface area contributed by atoms with Gasteiger partial charge in [0.05, 0.1) is 23.6 Å². The molecule has 2 heterocycles. The van der Waals surface area contributed by atoms with Gasteiger partial charge in [-0.2, -0.15) is 5.26 Å². The highest BCUT2D eigenvalue weighted by atomic mass is 35.5. The van der Waals surface area contributed by atoms with Gasteiger partial charge in [0.1, 0.15) is 5.54 Å². The number of nitrogens with zero attached hydrogens (tertiary/aromatic N) is 2. The summed E-state index contributed by atoms with van der Waals surface area (Å²) in [7, 11) is 0. The molecule has 0 spiro atoms. The van der Waals surface area contributed by atoms with Gasteiger partial charge >= 0.3 is 12.0 Å². The first-order valence-electron chi connectivity index (χ1n) is 12.5. The lowest BCUT2D eigenvalue weighted by atomic mass is 9.74. The molecule has 1 aromatic heterocycles. The van der Waals surface area contributed by atoms with E-state index in [1.165, 1.54) is 23.2 Å². The van der Waals surface area contributed by atoms with Crippen LogP contribution in [0.1, 0.15) is 45.2 Å². The number of nitriles is 1. The lowest BCUT2D eigenvalue weighted by molar-refractivity contribution is -0.148. The number of carboxylic acid groups (broad SMARTS) is 1. The largest absolute Gasteiger partial charge is 0.479 e. The molecule has 2 amide bonds. The molecule has 40 heavy (non-hydrogen) atoms.